The Morgan fingerprint density at radius 1 is 1.16 bits per heavy atom. The maximum Gasteiger partial charge on any atom is 0.271 e. The number of hydrogen-bond donors (Lipinski definition) is 1. The van der Waals surface area contributed by atoms with Gasteiger partial charge in [-0.05, 0) is 55.0 Å². The molecule has 2 heterocycles. The summed E-state index contributed by atoms with van der Waals surface area (Å²) < 4.78 is 5.21. The normalized spacial score (nSPS) is 15.0. The number of carbonyl (C=O) groups excluding carboxylic acids is 1. The molecule has 1 aliphatic rings. The van der Waals surface area contributed by atoms with Gasteiger partial charge in [-0.2, -0.15) is 0 Å². The van der Waals surface area contributed by atoms with Crippen LogP contribution in [0.5, 0.6) is 5.75 Å². The van der Waals surface area contributed by atoms with E-state index in [0.29, 0.717) is 11.6 Å². The first kappa shape index (κ1) is 17.2. The molecule has 25 heavy (non-hydrogen) atoms. The van der Waals surface area contributed by atoms with Crippen LogP contribution < -0.4 is 15.0 Å². The van der Waals surface area contributed by atoms with Crippen molar-refractivity contribution in [2.45, 2.75) is 19.3 Å². The number of ether oxygens (including phenoxy) is 1. The third-order valence-electron chi connectivity index (χ3n) is 4.73. The molecule has 6 nitrogen and oxygen atoms in total. The lowest BCUT2D eigenvalue weighted by Gasteiger charge is -2.32. The number of rotatable bonds is 5. The van der Waals surface area contributed by atoms with Crippen LogP contribution in [0.3, 0.4) is 0 Å². The van der Waals surface area contributed by atoms with E-state index in [0.717, 1.165) is 43.9 Å². The molecule has 1 N–H and O–H groups in total. The van der Waals surface area contributed by atoms with Crippen LogP contribution in [0.25, 0.3) is 0 Å². The fraction of sp³-hybridized carbons (Fsp3) is 0.421. The molecular weight excluding hydrogens is 316 g/mol. The van der Waals surface area contributed by atoms with Crippen molar-refractivity contribution in [1.29, 1.82) is 0 Å². The van der Waals surface area contributed by atoms with Crippen molar-refractivity contribution in [3.8, 4) is 5.75 Å². The van der Waals surface area contributed by atoms with Crippen molar-refractivity contribution in [2.24, 2.45) is 5.92 Å². The summed E-state index contributed by atoms with van der Waals surface area (Å²) in [6, 6.07) is 11.9. The molecule has 132 valence electrons. The molecule has 0 bridgehead atoms. The number of hydrogen-bond acceptors (Lipinski definition) is 5. The summed E-state index contributed by atoms with van der Waals surface area (Å²) in [7, 11) is 3.28. The molecule has 1 aromatic carbocycles. The Kier molecular flexibility index (Phi) is 5.48. The van der Waals surface area contributed by atoms with E-state index < -0.39 is 0 Å². The van der Waals surface area contributed by atoms with Crippen LogP contribution in [0.2, 0.25) is 0 Å². The zero-order valence-electron chi connectivity index (χ0n) is 14.7. The molecule has 0 atom stereocenters. The number of piperidine rings is 1. The molecule has 0 radical (unpaired) electrons. The lowest BCUT2D eigenvalue weighted by Crippen LogP contribution is -2.35. The Balaban J connectivity index is 1.53. The molecule has 0 aliphatic carbocycles. The van der Waals surface area contributed by atoms with Gasteiger partial charge < -0.3 is 15.0 Å². The van der Waals surface area contributed by atoms with Crippen molar-refractivity contribution in [2.75, 3.05) is 32.1 Å². The van der Waals surface area contributed by atoms with E-state index in [2.05, 4.69) is 32.5 Å². The van der Waals surface area contributed by atoms with Gasteiger partial charge in [-0.15, -0.1) is 10.2 Å². The summed E-state index contributed by atoms with van der Waals surface area (Å²) in [4.78, 5) is 13.8. The van der Waals surface area contributed by atoms with Crippen LogP contribution in [-0.2, 0) is 6.42 Å². The number of anilines is 1. The van der Waals surface area contributed by atoms with Crippen LogP contribution in [0.15, 0.2) is 36.4 Å². The summed E-state index contributed by atoms with van der Waals surface area (Å²) in [6.45, 7) is 1.93. The number of methoxy groups -OCH3 is 1. The Bertz CT molecular complexity index is 692. The van der Waals surface area contributed by atoms with Crippen molar-refractivity contribution in [3.63, 3.8) is 0 Å². The van der Waals surface area contributed by atoms with Crippen LogP contribution >= 0.6 is 0 Å². The second kappa shape index (κ2) is 7.96. The molecule has 1 aliphatic heterocycles. The van der Waals surface area contributed by atoms with E-state index in [1.165, 1.54) is 5.56 Å². The van der Waals surface area contributed by atoms with Gasteiger partial charge in [-0.1, -0.05) is 12.1 Å². The number of nitrogens with one attached hydrogen (secondary N) is 1. The molecule has 0 unspecified atom stereocenters. The van der Waals surface area contributed by atoms with Crippen LogP contribution in [0, 0.1) is 5.92 Å². The largest absolute Gasteiger partial charge is 0.497 e. The monoisotopic (exact) mass is 340 g/mol. The molecule has 6 heteroatoms. The summed E-state index contributed by atoms with van der Waals surface area (Å²) in [5.74, 6) is 2.22. The van der Waals surface area contributed by atoms with Crippen molar-refractivity contribution in [3.05, 3.63) is 47.7 Å². The van der Waals surface area contributed by atoms with Gasteiger partial charge in [0.2, 0.25) is 0 Å². The first-order chi connectivity index (χ1) is 12.2. The third kappa shape index (κ3) is 4.26. The standard InChI is InChI=1S/C19H24N4O2/c1-20-19(24)17-7-8-18(22-21-17)23-11-9-15(10-12-23)13-14-3-5-16(25-2)6-4-14/h3-8,15H,9-13H2,1-2H3,(H,20,24). The summed E-state index contributed by atoms with van der Waals surface area (Å²) >= 11 is 0. The van der Waals surface area contributed by atoms with Gasteiger partial charge in [0.05, 0.1) is 7.11 Å². The van der Waals surface area contributed by atoms with Crippen LogP contribution in [0.1, 0.15) is 28.9 Å². The highest BCUT2D eigenvalue weighted by molar-refractivity contribution is 5.91. The Morgan fingerprint density at radius 2 is 1.88 bits per heavy atom. The van der Waals surface area contributed by atoms with Crippen LogP contribution in [0.4, 0.5) is 5.82 Å². The lowest BCUT2D eigenvalue weighted by molar-refractivity contribution is 0.0957. The predicted molar refractivity (Wildman–Crippen MR) is 97.1 cm³/mol. The quantitative estimate of drug-likeness (QED) is 0.905. The predicted octanol–water partition coefficient (Wildman–Crippen LogP) is 2.30. The van der Waals surface area contributed by atoms with Crippen molar-refractivity contribution in [1.82, 2.24) is 15.5 Å². The average molecular weight is 340 g/mol. The van der Waals surface area contributed by atoms with E-state index in [-0.39, 0.29) is 5.91 Å². The van der Waals surface area contributed by atoms with E-state index in [4.69, 9.17) is 4.74 Å². The topological polar surface area (TPSA) is 67.4 Å². The van der Waals surface area contributed by atoms with Crippen molar-refractivity contribution >= 4 is 11.7 Å². The van der Waals surface area contributed by atoms with E-state index in [1.807, 2.05) is 18.2 Å². The molecular formula is C19H24N4O2. The number of nitrogens with zero attached hydrogens (tertiary/aromatic N) is 3. The Hall–Kier alpha value is -2.63. The second-order valence-corrected chi connectivity index (χ2v) is 6.34. The highest BCUT2D eigenvalue weighted by atomic mass is 16.5. The maximum atomic E-state index is 11.5. The summed E-state index contributed by atoms with van der Waals surface area (Å²) in [6.07, 6.45) is 3.36. The van der Waals surface area contributed by atoms with Crippen molar-refractivity contribution < 1.29 is 9.53 Å². The van der Waals surface area contributed by atoms with Gasteiger partial charge in [-0.25, -0.2) is 0 Å². The van der Waals surface area contributed by atoms with E-state index >= 15 is 0 Å². The van der Waals surface area contributed by atoms with Gasteiger partial charge >= 0.3 is 0 Å². The highest BCUT2D eigenvalue weighted by Crippen LogP contribution is 2.25. The molecule has 1 saturated heterocycles. The minimum Gasteiger partial charge on any atom is -0.497 e. The number of benzene rings is 1. The highest BCUT2D eigenvalue weighted by Gasteiger charge is 2.21. The SMILES string of the molecule is CNC(=O)c1ccc(N2CCC(Cc3ccc(OC)cc3)CC2)nn1. The Morgan fingerprint density at radius 3 is 2.44 bits per heavy atom. The summed E-state index contributed by atoms with van der Waals surface area (Å²) in [5, 5.41) is 10.8. The van der Waals surface area contributed by atoms with Gasteiger partial charge in [-0.3, -0.25) is 4.79 Å². The van der Waals surface area contributed by atoms with Gasteiger partial charge in [0.15, 0.2) is 11.5 Å². The Labute approximate surface area is 148 Å². The third-order valence-corrected chi connectivity index (χ3v) is 4.73. The molecule has 0 saturated carbocycles. The smallest absolute Gasteiger partial charge is 0.271 e. The van der Waals surface area contributed by atoms with E-state index in [1.54, 1.807) is 20.2 Å². The molecule has 1 amide bonds. The fourth-order valence-electron chi connectivity index (χ4n) is 3.20. The lowest BCUT2D eigenvalue weighted by atomic mass is 9.90. The number of amides is 1. The fourth-order valence-corrected chi connectivity index (χ4v) is 3.20. The molecule has 1 aromatic heterocycles. The first-order valence-corrected chi connectivity index (χ1v) is 8.63. The first-order valence-electron chi connectivity index (χ1n) is 8.63. The summed E-state index contributed by atoms with van der Waals surface area (Å²) in [5.41, 5.74) is 1.70. The van der Waals surface area contributed by atoms with Gasteiger partial charge in [0, 0.05) is 20.1 Å². The van der Waals surface area contributed by atoms with Gasteiger partial charge in [0.1, 0.15) is 5.75 Å². The molecule has 0 spiro atoms. The number of carbonyl (C=O) groups is 1. The zero-order chi connectivity index (χ0) is 17.6. The van der Waals surface area contributed by atoms with Crippen LogP contribution in [-0.4, -0.2) is 43.4 Å². The van der Waals surface area contributed by atoms with Gasteiger partial charge in [0.25, 0.3) is 5.91 Å². The molecule has 2 aromatic rings. The number of aromatic nitrogens is 2. The molecule has 1 fully saturated rings. The maximum absolute atomic E-state index is 11.5. The minimum absolute atomic E-state index is 0.211. The molecule has 3 rings (SSSR count). The minimum atomic E-state index is -0.211. The van der Waals surface area contributed by atoms with E-state index in [9.17, 15) is 4.79 Å². The second-order valence-electron chi connectivity index (χ2n) is 6.34. The zero-order valence-corrected chi connectivity index (χ0v) is 14.7. The average Bonchev–Trinajstić information content (AvgIpc) is 2.69.